The molecule has 0 aromatic rings. The van der Waals surface area contributed by atoms with Crippen molar-refractivity contribution in [3.05, 3.63) is 0 Å². The molecule has 2 fully saturated rings. The van der Waals surface area contributed by atoms with Crippen LogP contribution in [0.25, 0.3) is 0 Å². The number of carboxylic acids is 1. The maximum atomic E-state index is 12.2. The lowest BCUT2D eigenvalue weighted by molar-refractivity contribution is -0.153. The van der Waals surface area contributed by atoms with Crippen LogP contribution < -0.4 is 0 Å². The summed E-state index contributed by atoms with van der Waals surface area (Å²) in [4.78, 5) is 25.7. The van der Waals surface area contributed by atoms with Crippen molar-refractivity contribution in [2.75, 3.05) is 13.1 Å². The number of aliphatic carboxylic acids is 1. The topological polar surface area (TPSA) is 66.8 Å². The van der Waals surface area contributed by atoms with Gasteiger partial charge in [-0.15, -0.1) is 0 Å². The van der Waals surface area contributed by atoms with Crippen molar-refractivity contribution < 1.29 is 19.4 Å². The van der Waals surface area contributed by atoms with Crippen molar-refractivity contribution in [2.45, 2.75) is 64.9 Å². The molecule has 2 aliphatic rings. The van der Waals surface area contributed by atoms with Gasteiger partial charge in [-0.2, -0.15) is 0 Å². The smallest absolute Gasteiger partial charge is 0.410 e. The molecule has 2 rings (SSSR count). The molecule has 0 aromatic carbocycles. The van der Waals surface area contributed by atoms with Crippen LogP contribution in [0.3, 0.4) is 0 Å². The van der Waals surface area contributed by atoms with Crippen LogP contribution in [0.15, 0.2) is 0 Å². The van der Waals surface area contributed by atoms with E-state index in [4.69, 9.17) is 4.74 Å². The van der Waals surface area contributed by atoms with Gasteiger partial charge in [0.15, 0.2) is 0 Å². The number of ether oxygens (including phenoxy) is 1. The Labute approximate surface area is 126 Å². The van der Waals surface area contributed by atoms with Crippen LogP contribution in [-0.2, 0) is 9.53 Å². The molecule has 1 N–H and O–H groups in total. The Morgan fingerprint density at radius 3 is 2.33 bits per heavy atom. The molecule has 0 unspecified atom stereocenters. The molecule has 5 heteroatoms. The van der Waals surface area contributed by atoms with Crippen molar-refractivity contribution in [1.82, 2.24) is 4.90 Å². The van der Waals surface area contributed by atoms with Crippen LogP contribution >= 0.6 is 0 Å². The van der Waals surface area contributed by atoms with Crippen LogP contribution in [0.5, 0.6) is 0 Å². The third-order valence-electron chi connectivity index (χ3n) is 4.78. The standard InChI is InChI=1S/C16H27NO4/c1-15(2,3)21-14(20)17-10-6-7-12(11-17)16(13(18)19)8-4-5-9-16/h12H,4-11H2,1-3H3,(H,18,19)/t12-/m1/s1. The van der Waals surface area contributed by atoms with Crippen LogP contribution in [0.1, 0.15) is 59.3 Å². The predicted octanol–water partition coefficient (Wildman–Crippen LogP) is 3.28. The average molecular weight is 297 g/mol. The number of carbonyl (C=O) groups is 2. The Kier molecular flexibility index (Phi) is 4.49. The molecule has 0 bridgehead atoms. The molecular weight excluding hydrogens is 270 g/mol. The monoisotopic (exact) mass is 297 g/mol. The summed E-state index contributed by atoms with van der Waals surface area (Å²) in [5, 5.41) is 9.69. The molecule has 1 atom stereocenters. The van der Waals surface area contributed by atoms with Crippen molar-refractivity contribution in [2.24, 2.45) is 11.3 Å². The molecule has 1 heterocycles. The molecular formula is C16H27NO4. The quantitative estimate of drug-likeness (QED) is 0.849. The fourth-order valence-electron chi connectivity index (χ4n) is 3.72. The Morgan fingerprint density at radius 1 is 1.19 bits per heavy atom. The van der Waals surface area contributed by atoms with E-state index >= 15 is 0 Å². The molecule has 1 amide bonds. The molecule has 1 saturated carbocycles. The number of nitrogens with zero attached hydrogens (tertiary/aromatic N) is 1. The van der Waals surface area contributed by atoms with Crippen LogP contribution in [-0.4, -0.2) is 40.8 Å². The molecule has 0 aromatic heterocycles. The second kappa shape index (κ2) is 5.85. The van der Waals surface area contributed by atoms with Gasteiger partial charge in [0.25, 0.3) is 0 Å². The minimum atomic E-state index is -0.684. The summed E-state index contributed by atoms with van der Waals surface area (Å²) in [6.07, 6.45) is 4.89. The lowest BCUT2D eigenvalue weighted by Gasteiger charge is -2.41. The predicted molar refractivity (Wildman–Crippen MR) is 79.1 cm³/mol. The van der Waals surface area contributed by atoms with E-state index in [2.05, 4.69) is 0 Å². The summed E-state index contributed by atoms with van der Waals surface area (Å²) >= 11 is 0. The summed E-state index contributed by atoms with van der Waals surface area (Å²) in [7, 11) is 0. The van der Waals surface area contributed by atoms with Gasteiger partial charge in [-0.1, -0.05) is 12.8 Å². The molecule has 1 aliphatic heterocycles. The second-order valence-corrected chi connectivity index (χ2v) is 7.43. The molecule has 0 spiro atoms. The van der Waals surface area contributed by atoms with Crippen molar-refractivity contribution >= 4 is 12.1 Å². The molecule has 0 radical (unpaired) electrons. The summed E-state index contributed by atoms with van der Waals surface area (Å²) in [6, 6.07) is 0. The first kappa shape index (κ1) is 16.1. The lowest BCUT2D eigenvalue weighted by atomic mass is 9.70. The van der Waals surface area contributed by atoms with E-state index in [9.17, 15) is 14.7 Å². The van der Waals surface area contributed by atoms with Crippen LogP contribution in [0.2, 0.25) is 0 Å². The Hall–Kier alpha value is -1.26. The van der Waals surface area contributed by atoms with E-state index in [-0.39, 0.29) is 12.0 Å². The second-order valence-electron chi connectivity index (χ2n) is 7.43. The molecule has 1 saturated heterocycles. The van der Waals surface area contributed by atoms with Gasteiger partial charge in [-0.25, -0.2) is 4.79 Å². The van der Waals surface area contributed by atoms with Gasteiger partial charge in [0.2, 0.25) is 0 Å². The Balaban J connectivity index is 2.06. The third kappa shape index (κ3) is 3.50. The summed E-state index contributed by atoms with van der Waals surface area (Å²) in [5.74, 6) is -0.630. The first-order valence-electron chi connectivity index (χ1n) is 7.96. The Morgan fingerprint density at radius 2 is 1.81 bits per heavy atom. The van der Waals surface area contributed by atoms with Gasteiger partial charge in [-0.05, 0) is 52.4 Å². The molecule has 1 aliphatic carbocycles. The van der Waals surface area contributed by atoms with E-state index < -0.39 is 17.0 Å². The van der Waals surface area contributed by atoms with Crippen molar-refractivity contribution in [3.63, 3.8) is 0 Å². The van der Waals surface area contributed by atoms with Crippen LogP contribution in [0, 0.1) is 11.3 Å². The largest absolute Gasteiger partial charge is 0.481 e. The maximum absolute atomic E-state index is 12.2. The highest BCUT2D eigenvalue weighted by Gasteiger charge is 2.49. The third-order valence-corrected chi connectivity index (χ3v) is 4.78. The average Bonchev–Trinajstić information content (AvgIpc) is 2.87. The van der Waals surface area contributed by atoms with Crippen molar-refractivity contribution in [3.8, 4) is 0 Å². The molecule has 120 valence electrons. The highest BCUT2D eigenvalue weighted by molar-refractivity contribution is 5.76. The number of carbonyl (C=O) groups excluding carboxylic acids is 1. The minimum Gasteiger partial charge on any atom is -0.481 e. The zero-order valence-electron chi connectivity index (χ0n) is 13.4. The first-order valence-corrected chi connectivity index (χ1v) is 7.96. The summed E-state index contributed by atoms with van der Waals surface area (Å²) in [6.45, 7) is 6.73. The minimum absolute atomic E-state index is 0.0544. The number of piperidine rings is 1. The van der Waals surface area contributed by atoms with Gasteiger partial charge in [0, 0.05) is 13.1 Å². The van der Waals surface area contributed by atoms with Gasteiger partial charge in [-0.3, -0.25) is 4.79 Å². The van der Waals surface area contributed by atoms with E-state index in [0.29, 0.717) is 13.1 Å². The van der Waals surface area contributed by atoms with E-state index in [1.54, 1.807) is 4.90 Å². The highest BCUT2D eigenvalue weighted by atomic mass is 16.6. The maximum Gasteiger partial charge on any atom is 0.410 e. The van der Waals surface area contributed by atoms with Gasteiger partial charge in [0.1, 0.15) is 5.60 Å². The highest BCUT2D eigenvalue weighted by Crippen LogP contribution is 2.47. The number of carboxylic acid groups (broad SMARTS) is 1. The Bertz CT molecular complexity index is 407. The number of hydrogen-bond acceptors (Lipinski definition) is 3. The number of rotatable bonds is 2. The van der Waals surface area contributed by atoms with Crippen molar-refractivity contribution in [1.29, 1.82) is 0 Å². The number of likely N-dealkylation sites (tertiary alicyclic amines) is 1. The first-order chi connectivity index (χ1) is 9.74. The SMILES string of the molecule is CC(C)(C)OC(=O)N1CCC[C@@H](C2(C(=O)O)CCCC2)C1. The van der Waals surface area contributed by atoms with E-state index in [0.717, 1.165) is 38.5 Å². The van der Waals surface area contributed by atoms with E-state index in [1.807, 2.05) is 20.8 Å². The van der Waals surface area contributed by atoms with Gasteiger partial charge < -0.3 is 14.7 Å². The summed E-state index contributed by atoms with van der Waals surface area (Å²) in [5.41, 5.74) is -1.14. The fourth-order valence-corrected chi connectivity index (χ4v) is 3.72. The van der Waals surface area contributed by atoms with Crippen LogP contribution in [0.4, 0.5) is 4.79 Å². The van der Waals surface area contributed by atoms with E-state index in [1.165, 1.54) is 0 Å². The molecule has 5 nitrogen and oxygen atoms in total. The van der Waals surface area contributed by atoms with Gasteiger partial charge in [0.05, 0.1) is 5.41 Å². The number of hydrogen-bond donors (Lipinski definition) is 1. The normalized spacial score (nSPS) is 25.7. The van der Waals surface area contributed by atoms with Gasteiger partial charge >= 0.3 is 12.1 Å². The molecule has 21 heavy (non-hydrogen) atoms. The zero-order valence-corrected chi connectivity index (χ0v) is 13.4. The number of amides is 1. The zero-order chi connectivity index (χ0) is 15.7. The summed E-state index contributed by atoms with van der Waals surface area (Å²) < 4.78 is 5.42. The lowest BCUT2D eigenvalue weighted by Crippen LogP contribution is -2.49. The fraction of sp³-hybridized carbons (Fsp3) is 0.875.